The minimum Gasteiger partial charge on any atom is -0.385 e. The zero-order chi connectivity index (χ0) is 19.0. The molecule has 0 saturated heterocycles. The summed E-state index contributed by atoms with van der Waals surface area (Å²) in [4.78, 5) is 9.06. The fourth-order valence-electron chi connectivity index (χ4n) is 1.62. The lowest BCUT2D eigenvalue weighted by atomic mass is 9.94. The van der Waals surface area contributed by atoms with Gasteiger partial charge in [0.25, 0.3) is 0 Å². The Hall–Kier alpha value is -2.19. The van der Waals surface area contributed by atoms with E-state index in [1.54, 1.807) is 7.11 Å². The van der Waals surface area contributed by atoms with Crippen molar-refractivity contribution in [3.8, 4) is 0 Å². The lowest BCUT2D eigenvalue weighted by Gasteiger charge is -2.12. The monoisotopic (exact) mass is 328 g/mol. The Morgan fingerprint density at radius 3 is 2.12 bits per heavy atom. The number of aldehydes is 1. The van der Waals surface area contributed by atoms with Gasteiger partial charge in [0.05, 0.1) is 0 Å². The van der Waals surface area contributed by atoms with E-state index in [0.717, 1.165) is 48.2 Å². The molecule has 0 amide bonds. The summed E-state index contributed by atoms with van der Waals surface area (Å²) < 4.78 is 5.12. The molecule has 0 aliphatic rings. The Morgan fingerprint density at radius 1 is 1.12 bits per heavy atom. The number of hydrogen-bond acceptors (Lipinski definition) is 2. The van der Waals surface area contributed by atoms with Crippen molar-refractivity contribution in [2.45, 2.75) is 33.1 Å². The Kier molecular flexibility index (Phi) is 15.7. The lowest BCUT2D eigenvalue weighted by Crippen LogP contribution is -1.96. The van der Waals surface area contributed by atoms with Crippen LogP contribution in [0.25, 0.3) is 0 Å². The Bertz CT molecular complexity index is 510. The third-order valence-corrected chi connectivity index (χ3v) is 3.07. The average Bonchev–Trinajstić information content (AvgIpc) is 2.58. The standard InChI is InChI=1S/C19H28O.C3H4O/c1-8-16(4)14-19(10-9-13-20-7)18(6)17(5)12-11-15(2)3;1-2-3-4/h11-12,14H,2,4-6,8-10,13H2,1,3,7H3;2-3H,1H2/b12-11-,19-14-;. The molecule has 132 valence electrons. The van der Waals surface area contributed by atoms with E-state index >= 15 is 0 Å². The van der Waals surface area contributed by atoms with E-state index in [4.69, 9.17) is 9.53 Å². The second-order valence-electron chi connectivity index (χ2n) is 5.33. The second-order valence-corrected chi connectivity index (χ2v) is 5.33. The van der Waals surface area contributed by atoms with Gasteiger partial charge < -0.3 is 4.74 Å². The lowest BCUT2D eigenvalue weighted by molar-refractivity contribution is -0.104. The average molecular weight is 328 g/mol. The van der Waals surface area contributed by atoms with Crippen molar-refractivity contribution in [1.29, 1.82) is 0 Å². The summed E-state index contributed by atoms with van der Waals surface area (Å²) in [5.41, 5.74) is 5.18. The number of ether oxygens (including phenoxy) is 1. The van der Waals surface area contributed by atoms with Gasteiger partial charge in [0.1, 0.15) is 6.29 Å². The Labute approximate surface area is 148 Å². The number of methoxy groups -OCH3 is 1. The summed E-state index contributed by atoms with van der Waals surface area (Å²) in [6.45, 7) is 24.1. The summed E-state index contributed by atoms with van der Waals surface area (Å²) >= 11 is 0. The largest absolute Gasteiger partial charge is 0.385 e. The zero-order valence-corrected chi connectivity index (χ0v) is 15.6. The zero-order valence-electron chi connectivity index (χ0n) is 15.6. The first-order valence-corrected chi connectivity index (χ1v) is 7.99. The van der Waals surface area contributed by atoms with Gasteiger partial charge in [-0.15, -0.1) is 0 Å². The molecule has 0 radical (unpaired) electrons. The Balaban J connectivity index is 0. The molecule has 0 aromatic rings. The number of allylic oxidation sites excluding steroid dienone is 9. The van der Waals surface area contributed by atoms with E-state index < -0.39 is 0 Å². The normalized spacial score (nSPS) is 10.5. The van der Waals surface area contributed by atoms with Crippen LogP contribution >= 0.6 is 0 Å². The Morgan fingerprint density at radius 2 is 1.71 bits per heavy atom. The van der Waals surface area contributed by atoms with Gasteiger partial charge in [-0.05, 0) is 49.0 Å². The molecule has 24 heavy (non-hydrogen) atoms. The third kappa shape index (κ3) is 13.5. The quantitative estimate of drug-likeness (QED) is 0.204. The van der Waals surface area contributed by atoms with Crippen LogP contribution in [0.3, 0.4) is 0 Å². The predicted octanol–water partition coefficient (Wildman–Crippen LogP) is 5.92. The molecule has 0 bridgehead atoms. The SMILES string of the molecule is C=C(C)/C=C\C(=C)C(=C)/C(=C\C(=C)CC)CCCOC.C=CC=O. The molecule has 0 aliphatic heterocycles. The molecular formula is C22H32O2. The summed E-state index contributed by atoms with van der Waals surface area (Å²) in [5.74, 6) is 0. The van der Waals surface area contributed by atoms with Crippen molar-refractivity contribution in [3.05, 3.63) is 85.1 Å². The maximum atomic E-state index is 9.06. The highest BCUT2D eigenvalue weighted by atomic mass is 16.5. The van der Waals surface area contributed by atoms with Gasteiger partial charge >= 0.3 is 0 Å². The molecule has 0 aliphatic carbocycles. The first-order chi connectivity index (χ1) is 11.3. The molecule has 2 heteroatoms. The minimum absolute atomic E-state index is 0.639. The molecule has 0 N–H and O–H groups in total. The van der Waals surface area contributed by atoms with Crippen molar-refractivity contribution in [3.63, 3.8) is 0 Å². The van der Waals surface area contributed by atoms with Crippen LogP contribution in [0.4, 0.5) is 0 Å². The van der Waals surface area contributed by atoms with E-state index in [2.05, 4.69) is 45.9 Å². The number of carbonyl (C=O) groups excluding carboxylic acids is 1. The van der Waals surface area contributed by atoms with E-state index in [9.17, 15) is 0 Å². The van der Waals surface area contributed by atoms with E-state index in [-0.39, 0.29) is 0 Å². The maximum Gasteiger partial charge on any atom is 0.142 e. The van der Waals surface area contributed by atoms with Gasteiger partial charge in [0, 0.05) is 13.7 Å². The van der Waals surface area contributed by atoms with E-state index in [1.807, 2.05) is 19.1 Å². The van der Waals surface area contributed by atoms with Crippen LogP contribution in [0.5, 0.6) is 0 Å². The van der Waals surface area contributed by atoms with Gasteiger partial charge in [-0.25, -0.2) is 0 Å². The fraction of sp³-hybridized carbons (Fsp3) is 0.318. The van der Waals surface area contributed by atoms with Crippen LogP contribution in [-0.4, -0.2) is 20.0 Å². The van der Waals surface area contributed by atoms with Crippen LogP contribution in [0.1, 0.15) is 33.1 Å². The predicted molar refractivity (Wildman–Crippen MR) is 107 cm³/mol. The first kappa shape index (κ1) is 24.1. The van der Waals surface area contributed by atoms with Gasteiger partial charge in [0.2, 0.25) is 0 Å². The van der Waals surface area contributed by atoms with Crippen molar-refractivity contribution in [1.82, 2.24) is 0 Å². The van der Waals surface area contributed by atoms with Crippen molar-refractivity contribution in [2.24, 2.45) is 0 Å². The number of rotatable bonds is 11. The summed E-state index contributed by atoms with van der Waals surface area (Å²) in [6, 6.07) is 0. The van der Waals surface area contributed by atoms with Crippen LogP contribution in [0.15, 0.2) is 85.1 Å². The van der Waals surface area contributed by atoms with Gasteiger partial charge in [0.15, 0.2) is 0 Å². The molecule has 0 spiro atoms. The topological polar surface area (TPSA) is 26.3 Å². The third-order valence-electron chi connectivity index (χ3n) is 3.07. The molecule has 0 rings (SSSR count). The molecule has 0 fully saturated rings. The van der Waals surface area contributed by atoms with Crippen molar-refractivity contribution < 1.29 is 9.53 Å². The molecule has 0 atom stereocenters. The molecule has 0 saturated carbocycles. The maximum absolute atomic E-state index is 9.06. The highest BCUT2D eigenvalue weighted by molar-refractivity contribution is 5.63. The summed E-state index contributed by atoms with van der Waals surface area (Å²) in [5, 5.41) is 0. The fourth-order valence-corrected chi connectivity index (χ4v) is 1.62. The van der Waals surface area contributed by atoms with Crippen molar-refractivity contribution >= 4 is 6.29 Å². The number of carbonyl (C=O) groups is 1. The van der Waals surface area contributed by atoms with Crippen LogP contribution in [-0.2, 0) is 9.53 Å². The highest BCUT2D eigenvalue weighted by Crippen LogP contribution is 2.24. The van der Waals surface area contributed by atoms with Gasteiger partial charge in [-0.3, -0.25) is 4.79 Å². The van der Waals surface area contributed by atoms with E-state index in [0.29, 0.717) is 6.29 Å². The van der Waals surface area contributed by atoms with E-state index in [1.165, 1.54) is 11.6 Å². The van der Waals surface area contributed by atoms with Gasteiger partial charge in [-0.2, -0.15) is 0 Å². The van der Waals surface area contributed by atoms with Crippen molar-refractivity contribution in [2.75, 3.05) is 13.7 Å². The molecule has 0 unspecified atom stereocenters. The first-order valence-electron chi connectivity index (χ1n) is 7.99. The number of hydrogen-bond donors (Lipinski definition) is 0. The molecular weight excluding hydrogens is 296 g/mol. The van der Waals surface area contributed by atoms with Crippen LogP contribution in [0, 0.1) is 0 Å². The smallest absolute Gasteiger partial charge is 0.142 e. The minimum atomic E-state index is 0.639. The van der Waals surface area contributed by atoms with Gasteiger partial charge in [-0.1, -0.05) is 69.2 Å². The molecule has 0 aromatic heterocycles. The summed E-state index contributed by atoms with van der Waals surface area (Å²) in [7, 11) is 1.72. The summed E-state index contributed by atoms with van der Waals surface area (Å²) in [6.07, 6.45) is 10.7. The van der Waals surface area contributed by atoms with Crippen LogP contribution in [0.2, 0.25) is 0 Å². The molecule has 2 nitrogen and oxygen atoms in total. The highest BCUT2D eigenvalue weighted by Gasteiger charge is 2.05. The van der Waals surface area contributed by atoms with Crippen LogP contribution < -0.4 is 0 Å². The molecule has 0 heterocycles. The second kappa shape index (κ2) is 15.7. The molecule has 0 aromatic carbocycles.